The molecule has 2 N–H and O–H groups in total. The molecule has 16 heteroatoms. The minimum atomic E-state index is -1.42. The average Bonchev–Trinajstić information content (AvgIpc) is 3.86. The molecule has 6 aliphatic rings. The van der Waals surface area contributed by atoms with Crippen LogP contribution in [0.5, 0.6) is 28.7 Å². The Hall–Kier alpha value is -3.87. The van der Waals surface area contributed by atoms with Crippen LogP contribution in [-0.2, 0) is 37.9 Å². The van der Waals surface area contributed by atoms with Gasteiger partial charge in [-0.2, -0.15) is 0 Å². The number of rotatable bonds is 8. The van der Waals surface area contributed by atoms with Crippen LogP contribution in [0, 0.1) is 11.8 Å². The van der Waals surface area contributed by atoms with Gasteiger partial charge in [0.1, 0.15) is 37.1 Å². The average molecular weight is 745 g/mol. The summed E-state index contributed by atoms with van der Waals surface area (Å²) in [5, 5.41) is 22.3. The van der Waals surface area contributed by atoms with Gasteiger partial charge in [-0.3, -0.25) is 0 Å². The third kappa shape index (κ3) is 6.65. The number of methoxy groups -OCH3 is 2. The van der Waals surface area contributed by atoms with E-state index in [1.54, 1.807) is 32.9 Å². The summed E-state index contributed by atoms with van der Waals surface area (Å²) in [7, 11) is 2.91. The van der Waals surface area contributed by atoms with E-state index in [9.17, 15) is 15.0 Å². The van der Waals surface area contributed by atoms with E-state index < -0.39 is 67.1 Å². The minimum Gasteiger partial charge on any atom is -0.498 e. The van der Waals surface area contributed by atoms with Crippen molar-refractivity contribution in [1.29, 1.82) is 0 Å². The Balaban J connectivity index is 1.12. The summed E-state index contributed by atoms with van der Waals surface area (Å²) in [5.41, 5.74) is 2.27. The van der Waals surface area contributed by atoms with Crippen LogP contribution in [0.15, 0.2) is 36.6 Å². The molecule has 4 fully saturated rings. The predicted octanol–water partition coefficient (Wildman–Crippen LogP) is 3.29. The topological polar surface area (TPSA) is 178 Å². The van der Waals surface area contributed by atoms with Crippen LogP contribution in [0.1, 0.15) is 49.5 Å². The fourth-order valence-corrected chi connectivity index (χ4v) is 8.08. The Morgan fingerprint density at radius 3 is 2.34 bits per heavy atom. The second-order valence-corrected chi connectivity index (χ2v) is 14.2. The summed E-state index contributed by atoms with van der Waals surface area (Å²) in [4.78, 5) is 12.9. The van der Waals surface area contributed by atoms with Crippen LogP contribution in [0.25, 0.3) is 0 Å². The predicted molar refractivity (Wildman–Crippen MR) is 178 cm³/mol. The molecule has 5 aliphatic heterocycles. The van der Waals surface area contributed by atoms with Crippen molar-refractivity contribution < 1.29 is 76.6 Å². The van der Waals surface area contributed by atoms with Crippen LogP contribution < -0.4 is 23.7 Å². The maximum atomic E-state index is 12.9. The van der Waals surface area contributed by atoms with Crippen LogP contribution >= 0.6 is 0 Å². The lowest BCUT2D eigenvalue weighted by Crippen LogP contribution is -2.63. The van der Waals surface area contributed by atoms with Crippen molar-refractivity contribution >= 4 is 6.16 Å². The van der Waals surface area contributed by atoms with Crippen LogP contribution in [0.4, 0.5) is 4.79 Å². The van der Waals surface area contributed by atoms with Crippen molar-refractivity contribution in [3.63, 3.8) is 0 Å². The number of hydrogen-bond acceptors (Lipinski definition) is 16. The van der Waals surface area contributed by atoms with E-state index >= 15 is 0 Å². The highest BCUT2D eigenvalue weighted by Crippen LogP contribution is 2.59. The number of carbonyl (C=O) groups is 1. The van der Waals surface area contributed by atoms with Crippen molar-refractivity contribution in [2.24, 2.45) is 11.8 Å². The van der Waals surface area contributed by atoms with E-state index in [2.05, 4.69) is 6.58 Å². The zero-order chi connectivity index (χ0) is 37.2. The van der Waals surface area contributed by atoms with E-state index in [1.807, 2.05) is 12.1 Å². The third-order valence-corrected chi connectivity index (χ3v) is 10.5. The minimum absolute atomic E-state index is 0.0269. The molecule has 2 aromatic rings. The van der Waals surface area contributed by atoms with Gasteiger partial charge in [0.2, 0.25) is 12.5 Å². The first kappa shape index (κ1) is 36.1. The van der Waals surface area contributed by atoms with Crippen molar-refractivity contribution in [3.05, 3.63) is 53.3 Å². The highest BCUT2D eigenvalue weighted by atomic mass is 16.8. The van der Waals surface area contributed by atoms with Crippen LogP contribution in [0.2, 0.25) is 0 Å². The van der Waals surface area contributed by atoms with Gasteiger partial charge in [-0.15, -0.1) is 0 Å². The van der Waals surface area contributed by atoms with Crippen molar-refractivity contribution in [2.75, 3.05) is 47.4 Å². The van der Waals surface area contributed by atoms with Gasteiger partial charge in [0, 0.05) is 17.8 Å². The molecule has 5 heterocycles. The maximum absolute atomic E-state index is 12.9. The molecular weight excluding hydrogens is 700 g/mol. The Morgan fingerprint density at radius 1 is 0.943 bits per heavy atom. The van der Waals surface area contributed by atoms with E-state index in [-0.39, 0.29) is 62.3 Å². The molecule has 4 saturated heterocycles. The number of ether oxygens (including phenoxy) is 13. The van der Waals surface area contributed by atoms with Crippen LogP contribution in [-0.4, -0.2) is 113 Å². The molecule has 2 aromatic carbocycles. The lowest BCUT2D eigenvalue weighted by molar-refractivity contribution is -0.364. The van der Waals surface area contributed by atoms with Gasteiger partial charge >= 0.3 is 6.16 Å². The lowest BCUT2D eigenvalue weighted by atomic mass is 9.65. The number of aliphatic hydroxyl groups excluding tert-OH is 2. The summed E-state index contributed by atoms with van der Waals surface area (Å²) >= 11 is 0. The smallest absolute Gasteiger partial charge is 0.498 e. The highest BCUT2D eigenvalue weighted by Gasteiger charge is 2.54. The molecule has 0 amide bonds. The van der Waals surface area contributed by atoms with Crippen molar-refractivity contribution in [2.45, 2.75) is 81.7 Å². The van der Waals surface area contributed by atoms with E-state index in [0.717, 1.165) is 16.7 Å². The normalized spacial score (nSPS) is 35.1. The molecule has 0 saturated carbocycles. The molecule has 0 radical (unpaired) electrons. The fourth-order valence-electron chi connectivity index (χ4n) is 8.08. The second kappa shape index (κ2) is 14.1. The first-order valence-electron chi connectivity index (χ1n) is 17.6. The van der Waals surface area contributed by atoms with Gasteiger partial charge in [-0.1, -0.05) is 6.58 Å². The quantitative estimate of drug-likeness (QED) is 0.297. The van der Waals surface area contributed by atoms with Crippen LogP contribution in [0.3, 0.4) is 0 Å². The summed E-state index contributed by atoms with van der Waals surface area (Å²) in [6, 6.07) is 7.28. The van der Waals surface area contributed by atoms with Gasteiger partial charge in [0.15, 0.2) is 41.4 Å². The first-order valence-corrected chi connectivity index (χ1v) is 17.6. The Morgan fingerprint density at radius 2 is 1.66 bits per heavy atom. The highest BCUT2D eigenvalue weighted by molar-refractivity contribution is 5.69. The molecule has 8 rings (SSSR count). The summed E-state index contributed by atoms with van der Waals surface area (Å²) in [6.45, 7) is 10.2. The molecule has 288 valence electrons. The molecule has 16 nitrogen and oxygen atoms in total. The first-order chi connectivity index (χ1) is 25.4. The number of benzene rings is 2. The van der Waals surface area contributed by atoms with Crippen molar-refractivity contribution in [3.8, 4) is 28.7 Å². The zero-order valence-electron chi connectivity index (χ0n) is 30.0. The second-order valence-electron chi connectivity index (χ2n) is 14.2. The molecule has 0 spiro atoms. The zero-order valence-corrected chi connectivity index (χ0v) is 30.0. The SMILES string of the molecule is C=C1OCC2C(OC3OC4COC(C)OC4C(O)C3O)c3cc4c(cc3[C@@H](c3cc(OC)c(OC(=O)OCC5COC(C)(C)O5)c(OC)c3)C12)OCO4. The summed E-state index contributed by atoms with van der Waals surface area (Å²) in [5.74, 6) is 0.157. The number of fused-ring (bicyclic) bond motifs is 4. The van der Waals surface area contributed by atoms with E-state index in [4.69, 9.17) is 61.6 Å². The monoisotopic (exact) mass is 744 g/mol. The van der Waals surface area contributed by atoms with Gasteiger partial charge in [-0.05, 0) is 61.7 Å². The standard InChI is InChI=1S/C37H44O16/c1-16-28-22(13-43-16)32(51-35-31(39)30(38)34-27(50-35)14-44-17(2)49-34)21-10-24-23(46-15-47-24)9-20(21)29(28)18-7-25(41-5)33(26(8-18)42-6)52-36(40)45-11-19-12-48-37(3,4)53-19/h7-10,17,19,22,27-32,34-35,38-39H,1,11-15H2,2-6H3/t17?,19?,22?,27?,28?,29-,30?,31?,32?,34?,35?/m1/s1. The molecule has 53 heavy (non-hydrogen) atoms. The lowest BCUT2D eigenvalue weighted by Gasteiger charge is -2.48. The number of carbonyl (C=O) groups excluding carboxylic acids is 1. The molecule has 1 aliphatic carbocycles. The molecule has 11 atom stereocenters. The maximum Gasteiger partial charge on any atom is 0.514 e. The number of aliphatic hydroxyl groups is 2. The summed E-state index contributed by atoms with van der Waals surface area (Å²) in [6.07, 6.45) is -8.04. The van der Waals surface area contributed by atoms with Gasteiger partial charge in [0.05, 0.1) is 45.9 Å². The Kier molecular flexibility index (Phi) is 9.60. The Bertz CT molecular complexity index is 1700. The fraction of sp³-hybridized carbons (Fsp3) is 0.595. The molecule has 0 aromatic heterocycles. The van der Waals surface area contributed by atoms with E-state index in [0.29, 0.717) is 17.3 Å². The summed E-state index contributed by atoms with van der Waals surface area (Å²) < 4.78 is 75.6. The van der Waals surface area contributed by atoms with E-state index in [1.165, 1.54) is 14.2 Å². The molecule has 10 unspecified atom stereocenters. The molecular formula is C37H44O16. The third-order valence-electron chi connectivity index (χ3n) is 10.5. The van der Waals surface area contributed by atoms with Crippen molar-refractivity contribution in [1.82, 2.24) is 0 Å². The largest absolute Gasteiger partial charge is 0.514 e. The van der Waals surface area contributed by atoms with Gasteiger partial charge < -0.3 is 71.8 Å². The van der Waals surface area contributed by atoms with Gasteiger partial charge in [-0.25, -0.2) is 4.79 Å². The number of hydrogen-bond donors (Lipinski definition) is 2. The number of allylic oxidation sites excluding steroid dienone is 1. The van der Waals surface area contributed by atoms with Gasteiger partial charge in [0.25, 0.3) is 0 Å². The Labute approximate surface area is 305 Å². The molecule has 0 bridgehead atoms.